The van der Waals surface area contributed by atoms with Crippen LogP contribution in [0, 0.1) is 5.41 Å². The number of methoxy groups -OCH3 is 2. The average Bonchev–Trinajstić information content (AvgIpc) is 3.14. The van der Waals surface area contributed by atoms with Gasteiger partial charge in [0.1, 0.15) is 30.6 Å². The normalized spacial score (nSPS) is 16.1. The fraction of sp³-hybridized carbons (Fsp3) is 0.500. The summed E-state index contributed by atoms with van der Waals surface area (Å²) in [4.78, 5) is 14.7. The predicted octanol–water partition coefficient (Wildman–Crippen LogP) is 5.15. The van der Waals surface area contributed by atoms with Crippen molar-refractivity contribution in [3.63, 3.8) is 0 Å². The van der Waals surface area contributed by atoms with E-state index in [1.54, 1.807) is 14.2 Å². The zero-order valence-electron chi connectivity index (χ0n) is 24.7. The molecule has 2 aliphatic rings. The lowest BCUT2D eigenvalue weighted by atomic mass is 9.76. The number of hydrogen-bond acceptors (Lipinski definition) is 8. The lowest BCUT2D eigenvalue weighted by Crippen LogP contribution is -2.32. The van der Waals surface area contributed by atoms with Gasteiger partial charge in [-0.1, -0.05) is 26.0 Å². The van der Waals surface area contributed by atoms with Gasteiger partial charge in [-0.05, 0) is 74.2 Å². The van der Waals surface area contributed by atoms with Gasteiger partial charge in [0.15, 0.2) is 11.5 Å². The number of aryl methyl sites for hydroxylation is 1. The van der Waals surface area contributed by atoms with Crippen LogP contribution in [0.1, 0.15) is 42.9 Å². The number of aromatic nitrogens is 2. The standard InChI is InChI=1S/C32H42N4O4/c1-32(2)12-11-26-25(19-32)31(34-30(33-26)21-35(3)4)36-13-14-39-27-9-7-22(17-24(27)20-36)23-8-10-28(38-6)29(18-23)40-16-15-37-5/h7-10,17-18H,11-16,19-21H2,1-6H3. The Morgan fingerprint density at radius 2 is 1.80 bits per heavy atom. The van der Waals surface area contributed by atoms with E-state index in [2.05, 4.69) is 62.0 Å². The van der Waals surface area contributed by atoms with Crippen LogP contribution in [0.2, 0.25) is 0 Å². The Hall–Kier alpha value is -3.36. The molecule has 0 fully saturated rings. The molecule has 8 nitrogen and oxygen atoms in total. The molecule has 0 unspecified atom stereocenters. The van der Waals surface area contributed by atoms with Gasteiger partial charge in [0, 0.05) is 30.5 Å². The fourth-order valence-corrected chi connectivity index (χ4v) is 5.55. The quantitative estimate of drug-likeness (QED) is 0.341. The van der Waals surface area contributed by atoms with Crippen LogP contribution in [-0.4, -0.2) is 69.5 Å². The molecule has 0 N–H and O–H groups in total. The number of hydrogen-bond donors (Lipinski definition) is 0. The Morgan fingerprint density at radius 3 is 2.58 bits per heavy atom. The Kier molecular flexibility index (Phi) is 8.47. The minimum absolute atomic E-state index is 0.235. The Bertz CT molecular complexity index is 1340. The maximum absolute atomic E-state index is 6.24. The molecular weight excluding hydrogens is 504 g/mol. The molecule has 1 aliphatic heterocycles. The summed E-state index contributed by atoms with van der Waals surface area (Å²) in [5.74, 6) is 4.28. The van der Waals surface area contributed by atoms with Crippen molar-refractivity contribution < 1.29 is 18.9 Å². The van der Waals surface area contributed by atoms with Crippen LogP contribution in [0.3, 0.4) is 0 Å². The maximum atomic E-state index is 6.24. The van der Waals surface area contributed by atoms with Crippen LogP contribution in [0.5, 0.6) is 17.2 Å². The largest absolute Gasteiger partial charge is 0.493 e. The van der Waals surface area contributed by atoms with E-state index in [-0.39, 0.29) is 5.41 Å². The van der Waals surface area contributed by atoms with E-state index in [0.717, 1.165) is 73.0 Å². The minimum Gasteiger partial charge on any atom is -0.493 e. The highest BCUT2D eigenvalue weighted by Gasteiger charge is 2.31. The summed E-state index contributed by atoms with van der Waals surface area (Å²) in [5, 5.41) is 0. The minimum atomic E-state index is 0.235. The predicted molar refractivity (Wildman–Crippen MR) is 158 cm³/mol. The third-order valence-electron chi connectivity index (χ3n) is 7.65. The van der Waals surface area contributed by atoms with Crippen molar-refractivity contribution in [2.24, 2.45) is 5.41 Å². The number of anilines is 1. The lowest BCUT2D eigenvalue weighted by molar-refractivity contribution is 0.144. The van der Waals surface area contributed by atoms with Crippen molar-refractivity contribution in [2.75, 3.05) is 59.6 Å². The molecule has 0 saturated heterocycles. The molecule has 1 aromatic heterocycles. The Labute approximate surface area is 238 Å². The molecule has 0 bridgehead atoms. The van der Waals surface area contributed by atoms with Crippen molar-refractivity contribution in [3.05, 3.63) is 59.0 Å². The first-order chi connectivity index (χ1) is 19.3. The van der Waals surface area contributed by atoms with Crippen LogP contribution in [0.25, 0.3) is 11.1 Å². The monoisotopic (exact) mass is 546 g/mol. The topological polar surface area (TPSA) is 69.2 Å². The van der Waals surface area contributed by atoms with Gasteiger partial charge < -0.3 is 28.7 Å². The molecule has 0 spiro atoms. The third-order valence-corrected chi connectivity index (χ3v) is 7.65. The zero-order valence-corrected chi connectivity index (χ0v) is 24.7. The average molecular weight is 547 g/mol. The molecule has 2 heterocycles. The van der Waals surface area contributed by atoms with Gasteiger partial charge in [0.05, 0.1) is 26.8 Å². The van der Waals surface area contributed by atoms with Gasteiger partial charge >= 0.3 is 0 Å². The highest BCUT2D eigenvalue weighted by molar-refractivity contribution is 5.69. The Morgan fingerprint density at radius 1 is 1.00 bits per heavy atom. The van der Waals surface area contributed by atoms with E-state index in [1.165, 1.54) is 11.3 Å². The molecule has 0 saturated carbocycles. The van der Waals surface area contributed by atoms with Crippen molar-refractivity contribution >= 4 is 5.82 Å². The van der Waals surface area contributed by atoms with E-state index < -0.39 is 0 Å². The molecule has 0 amide bonds. The van der Waals surface area contributed by atoms with Gasteiger partial charge in [-0.15, -0.1) is 0 Å². The summed E-state index contributed by atoms with van der Waals surface area (Å²) < 4.78 is 22.9. The van der Waals surface area contributed by atoms with Gasteiger partial charge in [0.2, 0.25) is 0 Å². The number of rotatable bonds is 9. The maximum Gasteiger partial charge on any atom is 0.161 e. The van der Waals surface area contributed by atoms with Crippen molar-refractivity contribution in [1.29, 1.82) is 0 Å². The third kappa shape index (κ3) is 6.34. The molecule has 0 radical (unpaired) electrons. The van der Waals surface area contributed by atoms with Gasteiger partial charge in [-0.3, -0.25) is 0 Å². The second-order valence-corrected chi connectivity index (χ2v) is 11.8. The number of ether oxygens (including phenoxy) is 4. The van der Waals surface area contributed by atoms with Crippen LogP contribution < -0.4 is 19.1 Å². The number of fused-ring (bicyclic) bond motifs is 2. The van der Waals surface area contributed by atoms with Gasteiger partial charge in [0.25, 0.3) is 0 Å². The van der Waals surface area contributed by atoms with E-state index in [0.29, 0.717) is 31.3 Å². The number of benzene rings is 2. The highest BCUT2D eigenvalue weighted by Crippen LogP contribution is 2.40. The number of nitrogens with zero attached hydrogens (tertiary/aromatic N) is 4. The summed E-state index contributed by atoms with van der Waals surface area (Å²) in [6, 6.07) is 12.5. The molecule has 1 aliphatic carbocycles. The van der Waals surface area contributed by atoms with Crippen LogP contribution in [0.4, 0.5) is 5.82 Å². The van der Waals surface area contributed by atoms with Crippen LogP contribution >= 0.6 is 0 Å². The molecular formula is C32H42N4O4. The van der Waals surface area contributed by atoms with Crippen LogP contribution in [-0.2, 0) is 30.7 Å². The van der Waals surface area contributed by atoms with Crippen molar-refractivity contribution in [1.82, 2.24) is 14.9 Å². The summed E-state index contributed by atoms with van der Waals surface area (Å²) in [6.07, 6.45) is 3.13. The summed E-state index contributed by atoms with van der Waals surface area (Å²) >= 11 is 0. The summed E-state index contributed by atoms with van der Waals surface area (Å²) in [5.41, 5.74) is 6.04. The fourth-order valence-electron chi connectivity index (χ4n) is 5.55. The Balaban J connectivity index is 1.49. The van der Waals surface area contributed by atoms with Crippen molar-refractivity contribution in [2.45, 2.75) is 46.2 Å². The first kappa shape index (κ1) is 28.2. The first-order valence-electron chi connectivity index (χ1n) is 14.1. The highest BCUT2D eigenvalue weighted by atomic mass is 16.5. The van der Waals surface area contributed by atoms with E-state index in [1.807, 2.05) is 12.1 Å². The molecule has 0 atom stereocenters. The SMILES string of the molecule is COCCOc1cc(-c2ccc3c(c2)CN(c2nc(CN(C)C)nc4c2CC(C)(C)CC4)CCO3)ccc1OC. The molecule has 3 aromatic rings. The summed E-state index contributed by atoms with van der Waals surface area (Å²) in [6.45, 7) is 8.50. The second kappa shape index (κ2) is 12.0. The molecule has 2 aromatic carbocycles. The lowest BCUT2D eigenvalue weighted by Gasteiger charge is -2.34. The van der Waals surface area contributed by atoms with Crippen LogP contribution in [0.15, 0.2) is 36.4 Å². The molecule has 40 heavy (non-hydrogen) atoms. The van der Waals surface area contributed by atoms with Gasteiger partial charge in [-0.25, -0.2) is 9.97 Å². The second-order valence-electron chi connectivity index (χ2n) is 11.8. The van der Waals surface area contributed by atoms with E-state index in [4.69, 9.17) is 28.9 Å². The molecule has 5 rings (SSSR count). The van der Waals surface area contributed by atoms with Gasteiger partial charge in [-0.2, -0.15) is 0 Å². The summed E-state index contributed by atoms with van der Waals surface area (Å²) in [7, 11) is 7.45. The zero-order chi connectivity index (χ0) is 28.3. The van der Waals surface area contributed by atoms with Crippen molar-refractivity contribution in [3.8, 4) is 28.4 Å². The molecule has 214 valence electrons. The first-order valence-corrected chi connectivity index (χ1v) is 14.1. The molecule has 8 heteroatoms. The van der Waals surface area contributed by atoms with E-state index in [9.17, 15) is 0 Å². The smallest absolute Gasteiger partial charge is 0.161 e. The van der Waals surface area contributed by atoms with E-state index >= 15 is 0 Å².